The SMILES string of the molecule is CCCN(c1ccc(C#N)c(N)c1)C(C)C. The van der Waals surface area contributed by atoms with Crippen LogP contribution in [0.4, 0.5) is 11.4 Å². The van der Waals surface area contributed by atoms with Crippen LogP contribution in [0.1, 0.15) is 32.8 Å². The second-order valence-corrected chi connectivity index (χ2v) is 4.17. The van der Waals surface area contributed by atoms with Crippen molar-refractivity contribution in [3.05, 3.63) is 23.8 Å². The molecule has 0 radical (unpaired) electrons. The Labute approximate surface area is 97.5 Å². The Morgan fingerprint density at radius 1 is 1.44 bits per heavy atom. The van der Waals surface area contributed by atoms with Crippen molar-refractivity contribution >= 4 is 11.4 Å². The van der Waals surface area contributed by atoms with Crippen molar-refractivity contribution in [2.75, 3.05) is 17.2 Å². The van der Waals surface area contributed by atoms with Gasteiger partial charge in [0, 0.05) is 18.3 Å². The van der Waals surface area contributed by atoms with Gasteiger partial charge in [-0.05, 0) is 38.5 Å². The van der Waals surface area contributed by atoms with Crippen LogP contribution in [0.25, 0.3) is 0 Å². The second kappa shape index (κ2) is 5.41. The molecule has 3 heteroatoms. The van der Waals surface area contributed by atoms with Crippen molar-refractivity contribution in [1.82, 2.24) is 0 Å². The molecule has 0 unspecified atom stereocenters. The van der Waals surface area contributed by atoms with Crippen molar-refractivity contribution in [3.63, 3.8) is 0 Å². The average molecular weight is 217 g/mol. The summed E-state index contributed by atoms with van der Waals surface area (Å²) in [7, 11) is 0. The highest BCUT2D eigenvalue weighted by Gasteiger charge is 2.10. The minimum atomic E-state index is 0.437. The van der Waals surface area contributed by atoms with Gasteiger partial charge in [0.05, 0.1) is 11.3 Å². The fraction of sp³-hybridized carbons (Fsp3) is 0.462. The highest BCUT2D eigenvalue weighted by atomic mass is 15.1. The fourth-order valence-electron chi connectivity index (χ4n) is 1.76. The van der Waals surface area contributed by atoms with Gasteiger partial charge in [0.25, 0.3) is 0 Å². The Morgan fingerprint density at radius 3 is 2.56 bits per heavy atom. The van der Waals surface area contributed by atoms with Crippen LogP contribution in [-0.2, 0) is 0 Å². The lowest BCUT2D eigenvalue weighted by Gasteiger charge is -2.29. The molecular formula is C13H19N3. The quantitative estimate of drug-likeness (QED) is 0.789. The normalized spacial score (nSPS) is 10.2. The lowest BCUT2D eigenvalue weighted by Crippen LogP contribution is -2.31. The third-order valence-corrected chi connectivity index (χ3v) is 2.58. The third-order valence-electron chi connectivity index (χ3n) is 2.58. The van der Waals surface area contributed by atoms with Gasteiger partial charge < -0.3 is 10.6 Å². The molecule has 0 aromatic heterocycles. The monoisotopic (exact) mass is 217 g/mol. The maximum atomic E-state index is 8.82. The minimum Gasteiger partial charge on any atom is -0.398 e. The standard InChI is InChI=1S/C13H19N3/c1-4-7-16(10(2)3)12-6-5-11(9-14)13(15)8-12/h5-6,8,10H,4,7,15H2,1-3H3. The zero-order valence-corrected chi connectivity index (χ0v) is 10.2. The van der Waals surface area contributed by atoms with Gasteiger partial charge in [0.1, 0.15) is 6.07 Å². The zero-order chi connectivity index (χ0) is 12.1. The number of nitrogens with two attached hydrogens (primary N) is 1. The summed E-state index contributed by atoms with van der Waals surface area (Å²) in [5.41, 5.74) is 8.01. The van der Waals surface area contributed by atoms with Crippen molar-refractivity contribution in [2.24, 2.45) is 0 Å². The number of nitrogen functional groups attached to an aromatic ring is 1. The van der Waals surface area contributed by atoms with Gasteiger partial charge in [0.2, 0.25) is 0 Å². The zero-order valence-electron chi connectivity index (χ0n) is 10.2. The summed E-state index contributed by atoms with van der Waals surface area (Å²) < 4.78 is 0. The van der Waals surface area contributed by atoms with E-state index in [1.165, 1.54) is 0 Å². The average Bonchev–Trinajstić information content (AvgIpc) is 2.25. The van der Waals surface area contributed by atoms with E-state index >= 15 is 0 Å². The Kier molecular flexibility index (Phi) is 4.19. The number of hydrogen-bond donors (Lipinski definition) is 1. The predicted molar refractivity (Wildman–Crippen MR) is 68.3 cm³/mol. The van der Waals surface area contributed by atoms with Crippen molar-refractivity contribution < 1.29 is 0 Å². The Hall–Kier alpha value is -1.69. The first-order chi connectivity index (χ1) is 7.60. The van der Waals surface area contributed by atoms with Crippen LogP contribution >= 0.6 is 0 Å². The molecule has 0 fully saturated rings. The number of nitriles is 1. The van der Waals surface area contributed by atoms with Crippen LogP contribution < -0.4 is 10.6 Å². The molecule has 0 spiro atoms. The van der Waals surface area contributed by atoms with Crippen LogP contribution in [-0.4, -0.2) is 12.6 Å². The highest BCUT2D eigenvalue weighted by molar-refractivity contribution is 5.63. The first-order valence-electron chi connectivity index (χ1n) is 5.66. The topological polar surface area (TPSA) is 53.0 Å². The molecule has 1 aromatic rings. The van der Waals surface area contributed by atoms with Gasteiger partial charge in [-0.25, -0.2) is 0 Å². The largest absolute Gasteiger partial charge is 0.398 e. The first kappa shape index (κ1) is 12.4. The molecule has 16 heavy (non-hydrogen) atoms. The smallest absolute Gasteiger partial charge is 0.101 e. The Morgan fingerprint density at radius 2 is 2.12 bits per heavy atom. The summed E-state index contributed by atoms with van der Waals surface area (Å²) in [6.07, 6.45) is 1.10. The molecule has 2 N–H and O–H groups in total. The highest BCUT2D eigenvalue weighted by Crippen LogP contribution is 2.22. The first-order valence-corrected chi connectivity index (χ1v) is 5.66. The van der Waals surface area contributed by atoms with Crippen LogP contribution in [0.5, 0.6) is 0 Å². The van der Waals surface area contributed by atoms with E-state index < -0.39 is 0 Å². The molecule has 0 saturated carbocycles. The molecule has 0 amide bonds. The van der Waals surface area contributed by atoms with Crippen LogP contribution in [0, 0.1) is 11.3 Å². The molecule has 0 aliphatic heterocycles. The van der Waals surface area contributed by atoms with E-state index in [9.17, 15) is 0 Å². The van der Waals surface area contributed by atoms with Crippen LogP contribution in [0.2, 0.25) is 0 Å². The van der Waals surface area contributed by atoms with Gasteiger partial charge in [-0.2, -0.15) is 5.26 Å². The lowest BCUT2D eigenvalue weighted by atomic mass is 10.1. The maximum absolute atomic E-state index is 8.82. The fourth-order valence-corrected chi connectivity index (χ4v) is 1.76. The molecule has 0 aliphatic carbocycles. The van der Waals surface area contributed by atoms with Crippen molar-refractivity contribution in [1.29, 1.82) is 5.26 Å². The Bertz CT molecular complexity index is 391. The molecule has 86 valence electrons. The number of benzene rings is 1. The van der Waals surface area contributed by atoms with E-state index in [2.05, 4.69) is 31.7 Å². The van der Waals surface area contributed by atoms with E-state index in [1.54, 1.807) is 6.07 Å². The number of anilines is 2. The lowest BCUT2D eigenvalue weighted by molar-refractivity contribution is 0.671. The van der Waals surface area contributed by atoms with E-state index in [1.807, 2.05) is 12.1 Å². The molecule has 1 aromatic carbocycles. The Balaban J connectivity index is 3.03. The number of rotatable bonds is 4. The van der Waals surface area contributed by atoms with Crippen molar-refractivity contribution in [2.45, 2.75) is 33.2 Å². The number of nitrogens with zero attached hydrogens (tertiary/aromatic N) is 2. The maximum Gasteiger partial charge on any atom is 0.101 e. The van der Waals surface area contributed by atoms with E-state index in [4.69, 9.17) is 11.0 Å². The molecule has 3 nitrogen and oxygen atoms in total. The molecule has 0 heterocycles. The predicted octanol–water partition coefficient (Wildman–Crippen LogP) is 2.77. The molecule has 0 aliphatic rings. The summed E-state index contributed by atoms with van der Waals surface area (Å²) in [4.78, 5) is 2.29. The van der Waals surface area contributed by atoms with Gasteiger partial charge in [-0.3, -0.25) is 0 Å². The molecule has 0 saturated heterocycles. The van der Waals surface area contributed by atoms with E-state index in [0.29, 0.717) is 17.3 Å². The molecular weight excluding hydrogens is 198 g/mol. The summed E-state index contributed by atoms with van der Waals surface area (Å²) in [6, 6.07) is 8.15. The van der Waals surface area contributed by atoms with Gasteiger partial charge in [-0.1, -0.05) is 6.92 Å². The van der Waals surface area contributed by atoms with Gasteiger partial charge in [-0.15, -0.1) is 0 Å². The van der Waals surface area contributed by atoms with E-state index in [0.717, 1.165) is 18.7 Å². The summed E-state index contributed by atoms with van der Waals surface area (Å²) >= 11 is 0. The summed E-state index contributed by atoms with van der Waals surface area (Å²) in [6.45, 7) is 7.47. The summed E-state index contributed by atoms with van der Waals surface area (Å²) in [5, 5.41) is 8.82. The molecule has 0 bridgehead atoms. The molecule has 1 rings (SSSR count). The minimum absolute atomic E-state index is 0.437. The van der Waals surface area contributed by atoms with E-state index in [-0.39, 0.29) is 0 Å². The van der Waals surface area contributed by atoms with Crippen LogP contribution in [0.3, 0.4) is 0 Å². The summed E-state index contributed by atoms with van der Waals surface area (Å²) in [5.74, 6) is 0. The van der Waals surface area contributed by atoms with Crippen molar-refractivity contribution in [3.8, 4) is 6.07 Å². The van der Waals surface area contributed by atoms with Gasteiger partial charge in [0.15, 0.2) is 0 Å². The molecule has 0 atom stereocenters. The van der Waals surface area contributed by atoms with Gasteiger partial charge >= 0.3 is 0 Å². The second-order valence-electron chi connectivity index (χ2n) is 4.17. The number of hydrogen-bond acceptors (Lipinski definition) is 3. The van der Waals surface area contributed by atoms with Crippen LogP contribution in [0.15, 0.2) is 18.2 Å². The third kappa shape index (κ3) is 2.66.